The van der Waals surface area contributed by atoms with Crippen molar-refractivity contribution in [3.8, 4) is 23.7 Å². The van der Waals surface area contributed by atoms with Crippen LogP contribution in [0.5, 0.6) is 0 Å². The van der Waals surface area contributed by atoms with Crippen LogP contribution in [0.1, 0.15) is 66.8 Å². The first-order valence-electron chi connectivity index (χ1n) is 14.2. The molecule has 0 aromatic heterocycles. The molecular weight excluding hydrogens is 516 g/mol. The topological polar surface area (TPSA) is 60.7 Å². The van der Waals surface area contributed by atoms with Gasteiger partial charge in [-0.3, -0.25) is 0 Å². The van der Waals surface area contributed by atoms with E-state index >= 15 is 0 Å². The molecule has 0 amide bonds. The van der Waals surface area contributed by atoms with Crippen molar-refractivity contribution in [3.63, 3.8) is 0 Å². The Labute approximate surface area is 250 Å². The average molecular weight is 557 g/mol. The van der Waals surface area contributed by atoms with Crippen LogP contribution in [0.3, 0.4) is 0 Å². The number of rotatable bonds is 4. The predicted molar refractivity (Wildman–Crippen MR) is 171 cm³/mol. The highest BCUT2D eigenvalue weighted by Gasteiger charge is 2.34. The van der Waals surface area contributed by atoms with Crippen molar-refractivity contribution in [2.24, 2.45) is 0 Å². The lowest BCUT2D eigenvalue weighted by atomic mass is 9.81. The highest BCUT2D eigenvalue weighted by molar-refractivity contribution is 5.54. The van der Waals surface area contributed by atoms with E-state index in [1.807, 2.05) is 128 Å². The van der Waals surface area contributed by atoms with Crippen LogP contribution in [0, 0.1) is 79.1 Å². The molecule has 0 atom stereocenters. The molecule has 4 rings (SSSR count). The zero-order valence-electron chi connectivity index (χ0n) is 25.8. The highest BCUT2D eigenvalue weighted by atomic mass is 16.3. The SMILES string of the molecule is Cc1ccc(C(O)(C#CC(O)C#CC(O)(c2ccc(C)cc2C)c2ccc(C)cc2C)c2ccc(C)cc2C)c(C)c1. The zero-order valence-corrected chi connectivity index (χ0v) is 25.8. The quantitative estimate of drug-likeness (QED) is 0.245. The largest absolute Gasteiger partial charge is 0.369 e. The third-order valence-electron chi connectivity index (χ3n) is 7.87. The summed E-state index contributed by atoms with van der Waals surface area (Å²) < 4.78 is 0. The number of hydrogen-bond acceptors (Lipinski definition) is 3. The molecule has 0 spiro atoms. The van der Waals surface area contributed by atoms with E-state index in [0.717, 1.165) is 44.5 Å². The summed E-state index contributed by atoms with van der Waals surface area (Å²) in [6.07, 6.45) is -1.42. The standard InChI is InChI=1S/C39H40O3/c1-25-9-13-34(29(5)21-25)38(41,35-14-10-26(2)22-30(35)6)19-17-33(40)18-20-39(42,36-15-11-27(3)23-31(36)7)37-16-12-28(4)24-32(37)8/h9-16,21-24,33,40-42H,1-8H3. The summed E-state index contributed by atoms with van der Waals surface area (Å²) in [5.41, 5.74) is 7.14. The van der Waals surface area contributed by atoms with Crippen LogP contribution in [0.2, 0.25) is 0 Å². The van der Waals surface area contributed by atoms with Gasteiger partial charge in [-0.15, -0.1) is 0 Å². The van der Waals surface area contributed by atoms with E-state index in [4.69, 9.17) is 0 Å². The molecule has 0 saturated carbocycles. The van der Waals surface area contributed by atoms with E-state index in [0.29, 0.717) is 22.3 Å². The molecule has 0 aliphatic rings. The molecule has 3 heteroatoms. The molecule has 0 radical (unpaired) electrons. The van der Waals surface area contributed by atoms with Crippen LogP contribution in [0.25, 0.3) is 0 Å². The van der Waals surface area contributed by atoms with Crippen molar-refractivity contribution in [2.45, 2.75) is 72.7 Å². The van der Waals surface area contributed by atoms with Crippen molar-refractivity contribution < 1.29 is 15.3 Å². The van der Waals surface area contributed by atoms with Gasteiger partial charge in [-0.1, -0.05) is 119 Å². The van der Waals surface area contributed by atoms with Gasteiger partial charge in [0, 0.05) is 22.3 Å². The van der Waals surface area contributed by atoms with Gasteiger partial charge in [0.2, 0.25) is 0 Å². The van der Waals surface area contributed by atoms with Crippen LogP contribution in [0.15, 0.2) is 72.8 Å². The second-order valence-corrected chi connectivity index (χ2v) is 11.6. The van der Waals surface area contributed by atoms with E-state index in [9.17, 15) is 15.3 Å². The minimum Gasteiger partial charge on any atom is -0.369 e. The molecule has 0 fully saturated rings. The fourth-order valence-electron chi connectivity index (χ4n) is 5.82. The Balaban J connectivity index is 1.85. The van der Waals surface area contributed by atoms with Gasteiger partial charge in [-0.2, -0.15) is 0 Å². The smallest absolute Gasteiger partial charge is 0.177 e. The summed E-state index contributed by atoms with van der Waals surface area (Å²) in [5.74, 6) is 11.5. The predicted octanol–water partition coefficient (Wildman–Crippen LogP) is 6.69. The number of aryl methyl sites for hydroxylation is 8. The molecule has 0 bridgehead atoms. The minimum absolute atomic E-state index is 0.648. The monoisotopic (exact) mass is 556 g/mol. The maximum Gasteiger partial charge on any atom is 0.177 e. The maximum absolute atomic E-state index is 12.2. The highest BCUT2D eigenvalue weighted by Crippen LogP contribution is 2.36. The third-order valence-corrected chi connectivity index (χ3v) is 7.87. The van der Waals surface area contributed by atoms with Crippen LogP contribution in [-0.2, 0) is 11.2 Å². The van der Waals surface area contributed by atoms with Crippen LogP contribution >= 0.6 is 0 Å². The molecule has 0 saturated heterocycles. The van der Waals surface area contributed by atoms with Crippen LogP contribution < -0.4 is 0 Å². The summed E-state index contributed by atoms with van der Waals surface area (Å²) >= 11 is 0. The Bertz CT molecular complexity index is 1540. The molecule has 0 unspecified atom stereocenters. The molecule has 0 aliphatic heterocycles. The number of aliphatic hydroxyl groups is 3. The molecule has 3 nitrogen and oxygen atoms in total. The Hall–Kier alpha value is -4.12. The first kappa shape index (κ1) is 30.8. The van der Waals surface area contributed by atoms with Crippen molar-refractivity contribution in [2.75, 3.05) is 0 Å². The zero-order chi connectivity index (χ0) is 30.8. The number of aliphatic hydroxyl groups excluding tert-OH is 1. The first-order valence-corrected chi connectivity index (χ1v) is 14.2. The fraction of sp³-hybridized carbons (Fsp3) is 0.282. The maximum atomic E-state index is 12.2. The molecule has 0 aliphatic carbocycles. The fourth-order valence-corrected chi connectivity index (χ4v) is 5.82. The Morgan fingerprint density at radius 1 is 0.452 bits per heavy atom. The lowest BCUT2D eigenvalue weighted by Crippen LogP contribution is -2.29. The van der Waals surface area contributed by atoms with E-state index in [1.165, 1.54) is 0 Å². The van der Waals surface area contributed by atoms with Crippen molar-refractivity contribution >= 4 is 0 Å². The minimum atomic E-state index is -1.67. The molecule has 4 aromatic carbocycles. The number of hydrogen-bond donors (Lipinski definition) is 3. The lowest BCUT2D eigenvalue weighted by Gasteiger charge is -2.28. The second kappa shape index (κ2) is 12.0. The van der Waals surface area contributed by atoms with E-state index in [1.54, 1.807) is 0 Å². The molecular formula is C39H40O3. The third kappa shape index (κ3) is 6.20. The van der Waals surface area contributed by atoms with E-state index in [2.05, 4.69) is 23.7 Å². The molecule has 214 valence electrons. The summed E-state index contributed by atoms with van der Waals surface area (Å²) in [7, 11) is 0. The van der Waals surface area contributed by atoms with Gasteiger partial charge in [-0.25, -0.2) is 0 Å². The van der Waals surface area contributed by atoms with Gasteiger partial charge in [0.25, 0.3) is 0 Å². The van der Waals surface area contributed by atoms with Gasteiger partial charge in [-0.05, 0) is 77.6 Å². The molecule has 0 heterocycles. The van der Waals surface area contributed by atoms with Crippen molar-refractivity contribution in [1.82, 2.24) is 0 Å². The van der Waals surface area contributed by atoms with Gasteiger partial charge in [0.05, 0.1) is 0 Å². The lowest BCUT2D eigenvalue weighted by molar-refractivity contribution is 0.142. The van der Waals surface area contributed by atoms with Crippen molar-refractivity contribution in [1.29, 1.82) is 0 Å². The van der Waals surface area contributed by atoms with Crippen LogP contribution in [-0.4, -0.2) is 21.4 Å². The van der Waals surface area contributed by atoms with E-state index < -0.39 is 17.3 Å². The Morgan fingerprint density at radius 2 is 0.690 bits per heavy atom. The Kier molecular flexibility index (Phi) is 8.81. The molecule has 42 heavy (non-hydrogen) atoms. The first-order chi connectivity index (χ1) is 19.7. The van der Waals surface area contributed by atoms with Gasteiger partial charge < -0.3 is 15.3 Å². The molecule has 4 aromatic rings. The average Bonchev–Trinajstić information content (AvgIpc) is 2.90. The summed E-state index contributed by atoms with van der Waals surface area (Å²) in [6, 6.07) is 23.4. The van der Waals surface area contributed by atoms with E-state index in [-0.39, 0.29) is 0 Å². The second-order valence-electron chi connectivity index (χ2n) is 11.6. The van der Waals surface area contributed by atoms with Crippen molar-refractivity contribution in [3.05, 3.63) is 140 Å². The van der Waals surface area contributed by atoms with Crippen LogP contribution in [0.4, 0.5) is 0 Å². The van der Waals surface area contributed by atoms with Gasteiger partial charge >= 0.3 is 0 Å². The Morgan fingerprint density at radius 3 is 0.905 bits per heavy atom. The normalized spacial score (nSPS) is 11.5. The summed E-state index contributed by atoms with van der Waals surface area (Å²) in [6.45, 7) is 15.8. The summed E-state index contributed by atoms with van der Waals surface area (Å²) in [4.78, 5) is 0. The van der Waals surface area contributed by atoms with Gasteiger partial charge in [0.1, 0.15) is 0 Å². The molecule has 3 N–H and O–H groups in total. The summed E-state index contributed by atoms with van der Waals surface area (Å²) in [5, 5.41) is 35.4. The van der Waals surface area contributed by atoms with Gasteiger partial charge in [0.15, 0.2) is 17.3 Å². The number of benzene rings is 4.